The topological polar surface area (TPSA) is 29.5 Å². The van der Waals surface area contributed by atoms with Crippen molar-refractivity contribution >= 4 is 95.8 Å². The molecule has 0 N–H and O–H groups in total. The summed E-state index contributed by atoms with van der Waals surface area (Å²) < 4.78 is 14.1. The number of para-hydroxylation sites is 5. The lowest BCUT2D eigenvalue weighted by atomic mass is 9.34. The van der Waals surface area contributed by atoms with E-state index < -0.39 is 5.41 Å². The van der Waals surface area contributed by atoms with Crippen molar-refractivity contribution in [3.63, 3.8) is 0 Å². The molecule has 0 spiro atoms. The summed E-state index contributed by atoms with van der Waals surface area (Å²) in [6.07, 6.45) is 0. The molecule has 390 valence electrons. The molecular weight excluding hydrogens is 1040 g/mol. The van der Waals surface area contributed by atoms with E-state index in [2.05, 4.69) is 296 Å². The zero-order valence-corrected chi connectivity index (χ0v) is 46.3. The molecule has 0 radical (unpaired) electrons. The van der Waals surface area contributed by atoms with Crippen molar-refractivity contribution in [1.29, 1.82) is 0 Å². The van der Waals surface area contributed by atoms with Gasteiger partial charge in [0.2, 0.25) is 6.71 Å². The number of fused-ring (bicyclic) bond motifs is 13. The molecule has 0 amide bonds. The van der Waals surface area contributed by atoms with E-state index in [9.17, 15) is 0 Å². The molecule has 5 heteroatoms. The molecule has 13 aromatic carbocycles. The third kappa shape index (κ3) is 6.79. The van der Waals surface area contributed by atoms with Crippen LogP contribution < -0.4 is 21.3 Å². The maximum absolute atomic E-state index is 7.06. The molecule has 18 rings (SSSR count). The highest BCUT2D eigenvalue weighted by Crippen LogP contribution is 2.59. The highest BCUT2D eigenvalue weighted by Gasteiger charge is 2.49. The van der Waals surface area contributed by atoms with Gasteiger partial charge in [-0.1, -0.05) is 272 Å². The maximum Gasteiger partial charge on any atom is 0.249 e. The molecule has 15 aromatic rings. The summed E-state index contributed by atoms with van der Waals surface area (Å²) in [6, 6.07) is 108. The Labute approximate surface area is 490 Å². The fourth-order valence-electron chi connectivity index (χ4n) is 14.7. The van der Waals surface area contributed by atoms with E-state index in [0.29, 0.717) is 0 Å². The first-order valence-electron chi connectivity index (χ1n) is 28.9. The monoisotopic (exact) mass is 1090 g/mol. The van der Waals surface area contributed by atoms with E-state index in [1.54, 1.807) is 0 Å². The molecule has 0 atom stereocenters. The molecule has 3 nitrogen and oxygen atoms in total. The molecule has 0 bridgehead atoms. The number of nitrogens with zero attached hydrogens (tertiary/aromatic N) is 1. The Balaban J connectivity index is 1.01. The predicted octanol–water partition coefficient (Wildman–Crippen LogP) is 19.3. The van der Waals surface area contributed by atoms with E-state index in [0.717, 1.165) is 83.2 Å². The van der Waals surface area contributed by atoms with Gasteiger partial charge in [0.25, 0.3) is 0 Å². The molecule has 0 saturated carbocycles. The van der Waals surface area contributed by atoms with Crippen molar-refractivity contribution in [2.75, 3.05) is 4.90 Å². The Morgan fingerprint density at radius 2 is 0.798 bits per heavy atom. The number of rotatable bonds is 7. The van der Waals surface area contributed by atoms with Crippen LogP contribution in [-0.2, 0) is 5.41 Å². The van der Waals surface area contributed by atoms with Crippen LogP contribution in [0.3, 0.4) is 0 Å². The number of anilines is 3. The van der Waals surface area contributed by atoms with Crippen molar-refractivity contribution in [3.05, 3.63) is 313 Å². The van der Waals surface area contributed by atoms with E-state index in [1.807, 2.05) is 11.8 Å². The summed E-state index contributed by atoms with van der Waals surface area (Å²) >= 11 is 1.91. The Morgan fingerprint density at radius 1 is 0.321 bits per heavy atom. The zero-order valence-electron chi connectivity index (χ0n) is 45.5. The van der Waals surface area contributed by atoms with E-state index >= 15 is 0 Å². The van der Waals surface area contributed by atoms with Crippen LogP contribution in [-0.4, -0.2) is 6.71 Å². The first kappa shape index (κ1) is 47.3. The summed E-state index contributed by atoms with van der Waals surface area (Å²) in [5, 5.41) is 4.34. The summed E-state index contributed by atoms with van der Waals surface area (Å²) in [7, 11) is 0. The lowest BCUT2D eigenvalue weighted by Crippen LogP contribution is -2.60. The van der Waals surface area contributed by atoms with Crippen molar-refractivity contribution < 1.29 is 8.83 Å². The Hall–Kier alpha value is -10.3. The van der Waals surface area contributed by atoms with Gasteiger partial charge in [0.05, 0.1) is 11.1 Å². The van der Waals surface area contributed by atoms with Gasteiger partial charge in [-0.05, 0) is 103 Å². The fraction of sp³-hybridized carbons (Fsp3) is 0.0127. The van der Waals surface area contributed by atoms with Crippen molar-refractivity contribution in [1.82, 2.24) is 0 Å². The van der Waals surface area contributed by atoms with Gasteiger partial charge in [-0.3, -0.25) is 0 Å². The van der Waals surface area contributed by atoms with Gasteiger partial charge in [0, 0.05) is 65.0 Å². The Morgan fingerprint density at radius 3 is 1.40 bits per heavy atom. The van der Waals surface area contributed by atoms with Crippen LogP contribution in [0.1, 0.15) is 22.3 Å². The quantitative estimate of drug-likeness (QED) is 0.149. The second-order valence-electron chi connectivity index (χ2n) is 22.5. The lowest BCUT2D eigenvalue weighted by molar-refractivity contribution is 0.670. The second kappa shape index (κ2) is 18.3. The lowest BCUT2D eigenvalue weighted by Gasteiger charge is -2.43. The largest absolute Gasteiger partial charge is 0.455 e. The minimum Gasteiger partial charge on any atom is -0.455 e. The highest BCUT2D eigenvalue weighted by molar-refractivity contribution is 8.00. The normalized spacial score (nSPS) is 13.5. The fourth-order valence-corrected chi connectivity index (χ4v) is 15.9. The van der Waals surface area contributed by atoms with E-state index in [-0.39, 0.29) is 6.71 Å². The smallest absolute Gasteiger partial charge is 0.249 e. The van der Waals surface area contributed by atoms with Crippen molar-refractivity contribution in [2.45, 2.75) is 15.2 Å². The standard InChI is InChI=1S/C79H48BNO2S/c1-4-21-49(22-5-1)51-41-43-69-67(45-51)80-68-46-52(50-23-6-2-7-24-50)42-44-73(68)84-74-48-54(79(53-25-8-3-9-26-53)65-37-14-10-27-55(65)56-28-11-15-38-66(56)79)47-70(75(74)80)81(69)76-59(63-35-19-33-61-57-29-12-16-39-71(57)82-77(61)63)31-18-32-60(76)64-36-20-34-62-58-30-13-17-40-72(58)83-78(62)64/h1-48H. The average Bonchev–Trinajstić information content (AvgIpc) is 1.30. The first-order valence-corrected chi connectivity index (χ1v) is 29.7. The highest BCUT2D eigenvalue weighted by atomic mass is 32.2. The molecule has 0 unspecified atom stereocenters. The molecular formula is C79H48BNO2S. The first-order chi connectivity index (χ1) is 41.7. The SMILES string of the molecule is c1ccc(-c2ccc3c(c2)B2c4cc(-c5ccccc5)ccc4N(c4c(-c5cccc6c5oc5ccccc56)cccc4-c4cccc5c4oc4ccccc45)c4cc(C5(c6ccccc6)c6ccccc6-c6ccccc65)cc(c42)S3)cc1. The van der Waals surface area contributed by atoms with Crippen LogP contribution in [0.5, 0.6) is 0 Å². The van der Waals surface area contributed by atoms with Gasteiger partial charge < -0.3 is 13.7 Å². The molecule has 0 saturated heterocycles. The molecule has 0 fully saturated rings. The van der Waals surface area contributed by atoms with Crippen LogP contribution in [0, 0.1) is 0 Å². The number of benzene rings is 13. The van der Waals surface area contributed by atoms with Crippen LogP contribution in [0.4, 0.5) is 17.1 Å². The number of hydrogen-bond acceptors (Lipinski definition) is 4. The Bertz CT molecular complexity index is 5020. The van der Waals surface area contributed by atoms with E-state index in [1.165, 1.54) is 81.8 Å². The van der Waals surface area contributed by atoms with Crippen LogP contribution in [0.2, 0.25) is 0 Å². The second-order valence-corrected chi connectivity index (χ2v) is 23.6. The summed E-state index contributed by atoms with van der Waals surface area (Å²) in [6.45, 7) is -0.136. The Kier molecular flexibility index (Phi) is 10.3. The summed E-state index contributed by atoms with van der Waals surface area (Å²) in [5.74, 6) is 0. The summed E-state index contributed by atoms with van der Waals surface area (Å²) in [4.78, 5) is 5.15. The van der Waals surface area contributed by atoms with Gasteiger partial charge in [0.15, 0.2) is 0 Å². The van der Waals surface area contributed by atoms with Crippen molar-refractivity contribution in [3.8, 4) is 55.6 Å². The molecule has 2 aliphatic heterocycles. The number of hydrogen-bond donors (Lipinski definition) is 0. The van der Waals surface area contributed by atoms with Crippen LogP contribution in [0.25, 0.3) is 99.5 Å². The third-order valence-electron chi connectivity index (χ3n) is 18.2. The van der Waals surface area contributed by atoms with Gasteiger partial charge >= 0.3 is 0 Å². The number of furan rings is 2. The van der Waals surface area contributed by atoms with Crippen LogP contribution >= 0.6 is 11.8 Å². The van der Waals surface area contributed by atoms with Gasteiger partial charge in [0.1, 0.15) is 22.3 Å². The van der Waals surface area contributed by atoms with Gasteiger partial charge in [-0.25, -0.2) is 0 Å². The van der Waals surface area contributed by atoms with Gasteiger partial charge in [-0.15, -0.1) is 0 Å². The van der Waals surface area contributed by atoms with Crippen LogP contribution in [0.15, 0.2) is 310 Å². The maximum atomic E-state index is 7.06. The molecule has 4 heterocycles. The predicted molar refractivity (Wildman–Crippen MR) is 350 cm³/mol. The average molecular weight is 1090 g/mol. The molecule has 2 aromatic heterocycles. The molecule has 84 heavy (non-hydrogen) atoms. The molecule has 3 aliphatic rings. The minimum atomic E-state index is -0.682. The van der Waals surface area contributed by atoms with Crippen molar-refractivity contribution in [2.24, 2.45) is 0 Å². The zero-order chi connectivity index (χ0) is 55.0. The minimum absolute atomic E-state index is 0.136. The third-order valence-corrected chi connectivity index (χ3v) is 19.4. The molecule has 1 aliphatic carbocycles. The van der Waals surface area contributed by atoms with Gasteiger partial charge in [-0.2, -0.15) is 0 Å². The van der Waals surface area contributed by atoms with E-state index in [4.69, 9.17) is 8.83 Å². The summed E-state index contributed by atoms with van der Waals surface area (Å²) in [5.41, 5.74) is 26.2.